The first-order chi connectivity index (χ1) is 8.87. The number of benzene rings is 1. The van der Waals surface area contributed by atoms with Crippen molar-refractivity contribution in [3.63, 3.8) is 0 Å². The highest BCUT2D eigenvalue weighted by Crippen LogP contribution is 2.27. The lowest BCUT2D eigenvalue weighted by Gasteiger charge is -2.32. The fourth-order valence-electron chi connectivity index (χ4n) is 2.28. The molecular formula is C14H16BrF2NO. The van der Waals surface area contributed by atoms with Crippen LogP contribution >= 0.6 is 15.9 Å². The molecule has 0 saturated carbocycles. The number of amides is 1. The summed E-state index contributed by atoms with van der Waals surface area (Å²) in [7, 11) is 0. The Morgan fingerprint density at radius 1 is 1.47 bits per heavy atom. The van der Waals surface area contributed by atoms with Crippen molar-refractivity contribution in [1.82, 2.24) is 4.90 Å². The minimum Gasteiger partial charge on any atom is -0.336 e. The molecule has 1 aromatic rings. The second-order valence-corrected chi connectivity index (χ2v) is 5.89. The summed E-state index contributed by atoms with van der Waals surface area (Å²) < 4.78 is 27.5. The molecule has 1 amide bonds. The van der Waals surface area contributed by atoms with Crippen LogP contribution in [-0.2, 0) is 11.2 Å². The van der Waals surface area contributed by atoms with Crippen molar-refractivity contribution in [3.8, 4) is 0 Å². The number of aryl methyl sites for hydroxylation is 1. The Bertz CT molecular complexity index is 490. The number of carbonyl (C=O) groups is 1. The minimum atomic E-state index is -2.73. The third-order valence-corrected chi connectivity index (χ3v) is 4.21. The van der Waals surface area contributed by atoms with Gasteiger partial charge in [0.1, 0.15) is 0 Å². The Morgan fingerprint density at radius 2 is 2.21 bits per heavy atom. The number of hydrogen-bond donors (Lipinski definition) is 0. The van der Waals surface area contributed by atoms with E-state index in [0.29, 0.717) is 13.0 Å². The van der Waals surface area contributed by atoms with Gasteiger partial charge >= 0.3 is 0 Å². The van der Waals surface area contributed by atoms with Gasteiger partial charge in [-0.05, 0) is 30.5 Å². The summed E-state index contributed by atoms with van der Waals surface area (Å²) in [4.78, 5) is 13.3. The van der Waals surface area contributed by atoms with Crippen molar-refractivity contribution in [2.45, 2.75) is 32.1 Å². The molecule has 0 atom stereocenters. The van der Waals surface area contributed by atoms with Crippen LogP contribution in [0.5, 0.6) is 0 Å². The van der Waals surface area contributed by atoms with Crippen molar-refractivity contribution >= 4 is 21.8 Å². The zero-order chi connectivity index (χ0) is 14.0. The number of halogens is 3. The maximum Gasteiger partial charge on any atom is 0.265 e. The van der Waals surface area contributed by atoms with Crippen LogP contribution in [0.15, 0.2) is 22.7 Å². The lowest BCUT2D eigenvalue weighted by molar-refractivity contribution is -0.140. The highest BCUT2D eigenvalue weighted by atomic mass is 79.9. The molecule has 0 unspecified atom stereocenters. The van der Waals surface area contributed by atoms with Gasteiger partial charge in [0.05, 0.1) is 13.0 Å². The third-order valence-electron chi connectivity index (χ3n) is 3.32. The van der Waals surface area contributed by atoms with Gasteiger partial charge in [-0.15, -0.1) is 0 Å². The summed E-state index contributed by atoms with van der Waals surface area (Å²) in [6.45, 7) is 1.93. The standard InChI is InChI=1S/C14H16BrF2NO/c1-10-7-11(3-4-12(10)15)8-13(19)18-6-2-5-14(16,17)9-18/h3-4,7H,2,5-6,8-9H2,1H3. The van der Waals surface area contributed by atoms with Crippen molar-refractivity contribution in [3.05, 3.63) is 33.8 Å². The summed E-state index contributed by atoms with van der Waals surface area (Å²) in [6.07, 6.45) is 0.441. The Balaban J connectivity index is 2.02. The molecule has 0 spiro atoms. The maximum atomic E-state index is 13.3. The van der Waals surface area contributed by atoms with Gasteiger partial charge in [0.15, 0.2) is 0 Å². The molecule has 2 rings (SSSR count). The monoisotopic (exact) mass is 331 g/mol. The minimum absolute atomic E-state index is 0.117. The number of hydrogen-bond acceptors (Lipinski definition) is 1. The van der Waals surface area contributed by atoms with Crippen LogP contribution in [0.3, 0.4) is 0 Å². The van der Waals surface area contributed by atoms with Gasteiger partial charge in [-0.25, -0.2) is 8.78 Å². The number of piperidine rings is 1. The first kappa shape index (κ1) is 14.4. The molecule has 2 nitrogen and oxygen atoms in total. The summed E-state index contributed by atoms with van der Waals surface area (Å²) in [5, 5.41) is 0. The van der Waals surface area contributed by atoms with Gasteiger partial charge in [-0.3, -0.25) is 4.79 Å². The highest BCUT2D eigenvalue weighted by Gasteiger charge is 2.36. The molecule has 0 aromatic heterocycles. The van der Waals surface area contributed by atoms with Gasteiger partial charge in [-0.1, -0.05) is 28.1 Å². The molecule has 0 aliphatic carbocycles. The predicted octanol–water partition coefficient (Wildman–Crippen LogP) is 3.56. The molecule has 19 heavy (non-hydrogen) atoms. The Morgan fingerprint density at radius 3 is 2.84 bits per heavy atom. The first-order valence-electron chi connectivity index (χ1n) is 6.28. The SMILES string of the molecule is Cc1cc(CC(=O)N2CCCC(F)(F)C2)ccc1Br. The first-order valence-corrected chi connectivity index (χ1v) is 7.07. The van der Waals surface area contributed by atoms with Crippen molar-refractivity contribution in [1.29, 1.82) is 0 Å². The van der Waals surface area contributed by atoms with Crippen LogP contribution < -0.4 is 0 Å². The lowest BCUT2D eigenvalue weighted by Crippen LogP contribution is -2.46. The normalized spacial score (nSPS) is 18.4. The number of alkyl halides is 2. The van der Waals surface area contributed by atoms with E-state index in [4.69, 9.17) is 0 Å². The van der Waals surface area contributed by atoms with Crippen LogP contribution in [-0.4, -0.2) is 29.8 Å². The highest BCUT2D eigenvalue weighted by molar-refractivity contribution is 9.10. The number of nitrogens with zero attached hydrogens (tertiary/aromatic N) is 1. The topological polar surface area (TPSA) is 20.3 Å². The molecule has 1 saturated heterocycles. The Kier molecular flexibility index (Phi) is 4.23. The second-order valence-electron chi connectivity index (χ2n) is 5.04. The zero-order valence-corrected chi connectivity index (χ0v) is 12.3. The molecule has 0 radical (unpaired) electrons. The van der Waals surface area contributed by atoms with E-state index in [1.54, 1.807) is 0 Å². The van der Waals surface area contributed by atoms with Crippen molar-refractivity contribution in [2.24, 2.45) is 0 Å². The Labute approximate surface area is 119 Å². The van der Waals surface area contributed by atoms with E-state index in [2.05, 4.69) is 15.9 Å². The number of rotatable bonds is 2. The molecule has 1 heterocycles. The number of likely N-dealkylation sites (tertiary alicyclic amines) is 1. The largest absolute Gasteiger partial charge is 0.336 e. The van der Waals surface area contributed by atoms with Crippen molar-refractivity contribution < 1.29 is 13.6 Å². The number of carbonyl (C=O) groups excluding carboxylic acids is 1. The quantitative estimate of drug-likeness (QED) is 0.811. The van der Waals surface area contributed by atoms with Gasteiger partial charge in [0.2, 0.25) is 5.91 Å². The summed E-state index contributed by atoms with van der Waals surface area (Å²) in [6, 6.07) is 5.63. The van der Waals surface area contributed by atoms with E-state index >= 15 is 0 Å². The summed E-state index contributed by atoms with van der Waals surface area (Å²) in [5.74, 6) is -2.95. The maximum absolute atomic E-state index is 13.3. The molecule has 1 aromatic carbocycles. The molecular weight excluding hydrogens is 316 g/mol. The van der Waals surface area contributed by atoms with Crippen LogP contribution in [0, 0.1) is 6.92 Å². The predicted molar refractivity (Wildman–Crippen MR) is 73.3 cm³/mol. The molecule has 1 fully saturated rings. The summed E-state index contributed by atoms with van der Waals surface area (Å²) in [5.41, 5.74) is 1.90. The smallest absolute Gasteiger partial charge is 0.265 e. The summed E-state index contributed by atoms with van der Waals surface area (Å²) >= 11 is 3.39. The van der Waals surface area contributed by atoms with Gasteiger partial charge < -0.3 is 4.90 Å². The van der Waals surface area contributed by atoms with Gasteiger partial charge in [-0.2, -0.15) is 0 Å². The van der Waals surface area contributed by atoms with E-state index in [1.165, 1.54) is 4.90 Å². The molecule has 0 bridgehead atoms. The van der Waals surface area contributed by atoms with E-state index < -0.39 is 12.5 Å². The molecule has 5 heteroatoms. The van der Waals surface area contributed by atoms with Crippen LogP contribution in [0.1, 0.15) is 24.0 Å². The van der Waals surface area contributed by atoms with E-state index in [9.17, 15) is 13.6 Å². The Hall–Kier alpha value is -0.970. The third kappa shape index (κ3) is 3.75. The van der Waals surface area contributed by atoms with E-state index in [-0.39, 0.29) is 18.7 Å². The van der Waals surface area contributed by atoms with Crippen LogP contribution in [0.2, 0.25) is 0 Å². The second kappa shape index (κ2) is 5.57. The molecule has 0 N–H and O–H groups in total. The average Bonchev–Trinajstić information content (AvgIpc) is 2.32. The molecule has 104 valence electrons. The lowest BCUT2D eigenvalue weighted by atomic mass is 10.0. The average molecular weight is 332 g/mol. The zero-order valence-electron chi connectivity index (χ0n) is 10.8. The van der Waals surface area contributed by atoms with E-state index in [1.807, 2.05) is 25.1 Å². The fraction of sp³-hybridized carbons (Fsp3) is 0.500. The van der Waals surface area contributed by atoms with Crippen molar-refractivity contribution in [2.75, 3.05) is 13.1 Å². The van der Waals surface area contributed by atoms with Gasteiger partial charge in [0.25, 0.3) is 5.92 Å². The van der Waals surface area contributed by atoms with Crippen LogP contribution in [0.25, 0.3) is 0 Å². The molecule has 1 aliphatic heterocycles. The molecule has 1 aliphatic rings. The van der Waals surface area contributed by atoms with Gasteiger partial charge in [0, 0.05) is 17.4 Å². The van der Waals surface area contributed by atoms with E-state index in [0.717, 1.165) is 15.6 Å². The fourth-order valence-corrected chi connectivity index (χ4v) is 2.53. The van der Waals surface area contributed by atoms with Crippen LogP contribution in [0.4, 0.5) is 8.78 Å².